The molecular weight excluding hydrogens is 206 g/mol. The lowest BCUT2D eigenvalue weighted by Gasteiger charge is -2.00. The Hall–Kier alpha value is -1.89. The van der Waals surface area contributed by atoms with Gasteiger partial charge in [0.25, 0.3) is 0 Å². The predicted molar refractivity (Wildman–Crippen MR) is 76.4 cm³/mol. The molecule has 1 nitrogen and oxygen atoms in total. The first-order chi connectivity index (χ1) is 8.15. The molecule has 0 spiro atoms. The second-order valence-electron chi connectivity index (χ2n) is 3.95. The quantitative estimate of drug-likeness (QED) is 0.527. The van der Waals surface area contributed by atoms with Crippen molar-refractivity contribution in [1.29, 1.82) is 0 Å². The third kappa shape index (κ3) is 4.23. The highest BCUT2D eigenvalue weighted by Crippen LogP contribution is 2.09. The molecule has 1 heteroatoms. The molecule has 0 saturated heterocycles. The molecule has 0 N–H and O–H groups in total. The zero-order valence-electron chi connectivity index (χ0n) is 10.8. The maximum Gasteiger partial charge on any atom is 0.0445 e. The summed E-state index contributed by atoms with van der Waals surface area (Å²) in [6.07, 6.45) is 5.88. The minimum atomic E-state index is 1.01. The van der Waals surface area contributed by atoms with Crippen molar-refractivity contribution in [2.45, 2.75) is 20.8 Å². The lowest BCUT2D eigenvalue weighted by atomic mass is 10.1. The first-order valence-electron chi connectivity index (χ1n) is 5.73. The van der Waals surface area contributed by atoms with E-state index in [4.69, 9.17) is 0 Å². The summed E-state index contributed by atoms with van der Waals surface area (Å²) < 4.78 is 0. The van der Waals surface area contributed by atoms with Gasteiger partial charge in [0, 0.05) is 11.9 Å². The fraction of sp³-hybridized carbons (Fsp3) is 0.188. The Kier molecular flexibility index (Phi) is 5.15. The zero-order valence-corrected chi connectivity index (χ0v) is 10.8. The van der Waals surface area contributed by atoms with Gasteiger partial charge < -0.3 is 0 Å². The molecule has 0 atom stereocenters. The molecule has 0 heterocycles. The van der Waals surface area contributed by atoms with Crippen molar-refractivity contribution in [1.82, 2.24) is 0 Å². The van der Waals surface area contributed by atoms with Crippen LogP contribution in [-0.2, 0) is 0 Å². The van der Waals surface area contributed by atoms with E-state index in [1.54, 1.807) is 0 Å². The molecule has 88 valence electrons. The minimum absolute atomic E-state index is 1.01. The van der Waals surface area contributed by atoms with Crippen molar-refractivity contribution >= 4 is 5.71 Å². The smallest absolute Gasteiger partial charge is 0.0445 e. The summed E-state index contributed by atoms with van der Waals surface area (Å²) in [7, 11) is 0. The van der Waals surface area contributed by atoms with Gasteiger partial charge in [0.1, 0.15) is 0 Å². The van der Waals surface area contributed by atoms with Crippen LogP contribution in [-0.4, -0.2) is 5.71 Å². The van der Waals surface area contributed by atoms with Gasteiger partial charge in [-0.3, -0.25) is 4.99 Å². The summed E-state index contributed by atoms with van der Waals surface area (Å²) in [5.41, 5.74) is 4.23. The molecule has 1 aromatic rings. The molecule has 0 saturated carbocycles. The van der Waals surface area contributed by atoms with Crippen LogP contribution in [0.15, 0.2) is 71.4 Å². The number of benzene rings is 1. The monoisotopic (exact) mass is 225 g/mol. The second-order valence-corrected chi connectivity index (χ2v) is 3.95. The van der Waals surface area contributed by atoms with Crippen LogP contribution in [0.3, 0.4) is 0 Å². The number of aliphatic imine (C=N–C) groups is 1. The van der Waals surface area contributed by atoms with Crippen molar-refractivity contribution in [3.05, 3.63) is 72.0 Å². The van der Waals surface area contributed by atoms with Crippen LogP contribution in [0.2, 0.25) is 0 Å². The molecule has 0 aliphatic rings. The average molecular weight is 225 g/mol. The highest BCUT2D eigenvalue weighted by Gasteiger charge is 1.95. The summed E-state index contributed by atoms with van der Waals surface area (Å²) in [6, 6.07) is 10.2. The Labute approximate surface area is 104 Å². The van der Waals surface area contributed by atoms with Crippen LogP contribution in [0.1, 0.15) is 26.3 Å². The van der Waals surface area contributed by atoms with Gasteiger partial charge >= 0.3 is 0 Å². The molecule has 0 aromatic heterocycles. The second kappa shape index (κ2) is 6.64. The van der Waals surface area contributed by atoms with Gasteiger partial charge in [-0.05, 0) is 37.5 Å². The fourth-order valence-corrected chi connectivity index (χ4v) is 1.40. The normalized spacial score (nSPS) is 13.1. The zero-order chi connectivity index (χ0) is 12.7. The Bertz CT molecular complexity index is 462. The van der Waals surface area contributed by atoms with Crippen LogP contribution in [0.25, 0.3) is 0 Å². The van der Waals surface area contributed by atoms with Crippen molar-refractivity contribution in [2.75, 3.05) is 0 Å². The average Bonchev–Trinajstić information content (AvgIpc) is 2.34. The van der Waals surface area contributed by atoms with Crippen molar-refractivity contribution < 1.29 is 0 Å². The molecule has 0 fully saturated rings. The maximum atomic E-state index is 4.48. The lowest BCUT2D eigenvalue weighted by Crippen LogP contribution is -1.92. The minimum Gasteiger partial charge on any atom is -0.260 e. The van der Waals surface area contributed by atoms with E-state index in [1.165, 1.54) is 0 Å². The largest absolute Gasteiger partial charge is 0.260 e. The Morgan fingerprint density at radius 1 is 1.18 bits per heavy atom. The Balaban J connectivity index is 2.96. The molecule has 1 aromatic carbocycles. The molecule has 0 bridgehead atoms. The Morgan fingerprint density at radius 3 is 2.35 bits per heavy atom. The number of hydrogen-bond acceptors (Lipinski definition) is 1. The van der Waals surface area contributed by atoms with Crippen LogP contribution < -0.4 is 0 Å². The van der Waals surface area contributed by atoms with Crippen molar-refractivity contribution in [3.8, 4) is 0 Å². The third-order valence-electron chi connectivity index (χ3n) is 2.43. The highest BCUT2D eigenvalue weighted by molar-refractivity contribution is 5.99. The molecule has 17 heavy (non-hydrogen) atoms. The maximum absolute atomic E-state index is 4.48. The molecular formula is C16H19N. The third-order valence-corrected chi connectivity index (χ3v) is 2.43. The summed E-state index contributed by atoms with van der Waals surface area (Å²) in [5, 5.41) is 0. The van der Waals surface area contributed by atoms with Crippen LogP contribution >= 0.6 is 0 Å². The van der Waals surface area contributed by atoms with Crippen LogP contribution in [0.5, 0.6) is 0 Å². The number of hydrogen-bond donors (Lipinski definition) is 0. The van der Waals surface area contributed by atoms with E-state index >= 15 is 0 Å². The van der Waals surface area contributed by atoms with E-state index in [0.29, 0.717) is 0 Å². The molecule has 0 amide bonds. The van der Waals surface area contributed by atoms with Crippen molar-refractivity contribution in [3.63, 3.8) is 0 Å². The highest BCUT2D eigenvalue weighted by atomic mass is 14.7. The molecule has 0 aliphatic heterocycles. The van der Waals surface area contributed by atoms with E-state index in [1.807, 2.05) is 57.3 Å². The molecule has 1 rings (SSSR count). The van der Waals surface area contributed by atoms with Gasteiger partial charge in [-0.1, -0.05) is 49.1 Å². The van der Waals surface area contributed by atoms with E-state index in [9.17, 15) is 0 Å². The number of allylic oxidation sites excluding steroid dienone is 4. The fourth-order valence-electron chi connectivity index (χ4n) is 1.40. The van der Waals surface area contributed by atoms with Gasteiger partial charge in [0.05, 0.1) is 0 Å². The van der Waals surface area contributed by atoms with Crippen LogP contribution in [0, 0.1) is 0 Å². The summed E-state index contributed by atoms with van der Waals surface area (Å²) >= 11 is 0. The molecule has 0 unspecified atom stereocenters. The predicted octanol–water partition coefficient (Wildman–Crippen LogP) is 4.53. The SMILES string of the molecule is C=C(C)C(=C\N=C(C)c1ccccc1)/C=C/C. The van der Waals surface area contributed by atoms with Crippen LogP contribution in [0.4, 0.5) is 0 Å². The summed E-state index contributed by atoms with van der Waals surface area (Å²) in [4.78, 5) is 4.48. The van der Waals surface area contributed by atoms with E-state index < -0.39 is 0 Å². The standard InChI is InChI=1S/C16H19N/c1-5-9-16(13(2)3)12-17-14(4)15-10-7-6-8-11-15/h5-12H,2H2,1,3-4H3/b9-5+,16-12-,17-14?. The first-order valence-corrected chi connectivity index (χ1v) is 5.73. The molecule has 0 radical (unpaired) electrons. The van der Waals surface area contributed by atoms with Gasteiger partial charge in [-0.2, -0.15) is 0 Å². The first kappa shape index (κ1) is 13.2. The van der Waals surface area contributed by atoms with Gasteiger partial charge in [-0.25, -0.2) is 0 Å². The van der Waals surface area contributed by atoms with Gasteiger partial charge in [-0.15, -0.1) is 0 Å². The molecule has 0 aliphatic carbocycles. The number of rotatable bonds is 4. The number of nitrogens with zero attached hydrogens (tertiary/aromatic N) is 1. The lowest BCUT2D eigenvalue weighted by molar-refractivity contribution is 1.38. The topological polar surface area (TPSA) is 12.4 Å². The van der Waals surface area contributed by atoms with Crippen molar-refractivity contribution in [2.24, 2.45) is 4.99 Å². The van der Waals surface area contributed by atoms with Gasteiger partial charge in [0.15, 0.2) is 0 Å². The van der Waals surface area contributed by atoms with E-state index in [0.717, 1.165) is 22.4 Å². The summed E-state index contributed by atoms with van der Waals surface area (Å²) in [5.74, 6) is 0. The van der Waals surface area contributed by atoms with E-state index in [2.05, 4.69) is 23.7 Å². The van der Waals surface area contributed by atoms with Gasteiger partial charge in [0.2, 0.25) is 0 Å². The Morgan fingerprint density at radius 2 is 1.82 bits per heavy atom. The summed E-state index contributed by atoms with van der Waals surface area (Å²) in [6.45, 7) is 9.92. The van der Waals surface area contributed by atoms with E-state index in [-0.39, 0.29) is 0 Å².